The molecule has 0 saturated heterocycles. The molecule has 7 aromatic rings. The van der Waals surface area contributed by atoms with E-state index >= 15 is 0 Å². The molecule has 14 nitrogen and oxygen atoms in total. The van der Waals surface area contributed by atoms with Crippen LogP contribution in [0.2, 0.25) is 0 Å². The Balaban J connectivity index is 0.000000180. The predicted molar refractivity (Wildman–Crippen MR) is 212 cm³/mol. The maximum Gasteiger partial charge on any atom is 0.218 e. The fourth-order valence-corrected chi connectivity index (χ4v) is 5.31. The van der Waals surface area contributed by atoms with Crippen molar-refractivity contribution >= 4 is 39.6 Å². The summed E-state index contributed by atoms with van der Waals surface area (Å²) in [5.74, 6) is 3.84. The van der Waals surface area contributed by atoms with Crippen molar-refractivity contribution in [2.45, 2.75) is 113 Å². The Labute approximate surface area is 315 Å². The Morgan fingerprint density at radius 2 is 1.43 bits per heavy atom. The van der Waals surface area contributed by atoms with Gasteiger partial charge in [-0.05, 0) is 24.0 Å². The molecule has 0 atom stereocenters. The number of rotatable bonds is 5. The standard InChI is InChI=1S/2C9H11N3.C8H10N4.C6H9NS.C5H8N2O.CH4/c1-6(2)9-11-4-7-3-10-5-8(7)12-9;1-6(2)8-7-4-3-5-10-9(7)12-11-8;1-5(2)7-6-3-9-4-10-8(6)12-11-7;1-5(2)6-7-3-4-8-6;1-4(2)5-7-6-3-8-5;/h4-6H,3H2,1-2H3;3-6H,1-2H3,(H,10,11,12);3-5H,1-2H3,(H,9,10,11,12);3-5H,1-2H3;3-4H,1-2H3;1H4. The van der Waals surface area contributed by atoms with Gasteiger partial charge in [-0.1, -0.05) is 76.7 Å². The highest BCUT2D eigenvalue weighted by molar-refractivity contribution is 7.09. The van der Waals surface area contributed by atoms with Crippen LogP contribution in [0.3, 0.4) is 0 Å². The molecule has 8 heterocycles. The summed E-state index contributed by atoms with van der Waals surface area (Å²) in [5, 5.41) is 26.7. The highest BCUT2D eigenvalue weighted by Gasteiger charge is 2.11. The number of aromatic amines is 2. The van der Waals surface area contributed by atoms with Gasteiger partial charge in [0, 0.05) is 76.5 Å². The molecule has 0 saturated carbocycles. The summed E-state index contributed by atoms with van der Waals surface area (Å²) in [6.45, 7) is 21.7. The molecule has 2 N–H and O–H groups in total. The monoisotopic (exact) mass is 739 g/mol. The maximum atomic E-state index is 4.87. The topological polar surface area (TPSA) is 186 Å². The average molecular weight is 740 g/mol. The lowest BCUT2D eigenvalue weighted by atomic mass is 10.1. The van der Waals surface area contributed by atoms with Gasteiger partial charge in [0.05, 0.1) is 22.6 Å². The Hall–Kier alpha value is -5.31. The first-order valence-corrected chi connectivity index (χ1v) is 18.3. The number of H-pyrrole nitrogens is 2. The number of fused-ring (bicyclic) bond motifs is 3. The third-order valence-corrected chi connectivity index (χ3v) is 8.58. The molecule has 0 unspecified atom stereocenters. The molecule has 1 aliphatic heterocycles. The molecule has 53 heavy (non-hydrogen) atoms. The van der Waals surface area contributed by atoms with Crippen LogP contribution in [-0.2, 0) is 6.54 Å². The van der Waals surface area contributed by atoms with Gasteiger partial charge in [-0.15, -0.1) is 21.5 Å². The Bertz CT molecular complexity index is 1960. The number of hydrogen-bond donors (Lipinski definition) is 2. The van der Waals surface area contributed by atoms with E-state index in [4.69, 9.17) is 4.42 Å². The summed E-state index contributed by atoms with van der Waals surface area (Å²) >= 11 is 1.72. The first kappa shape index (κ1) is 42.1. The second kappa shape index (κ2) is 20.7. The molecule has 0 bridgehead atoms. The van der Waals surface area contributed by atoms with Crippen molar-refractivity contribution in [1.82, 2.24) is 60.5 Å². The van der Waals surface area contributed by atoms with Crippen LogP contribution in [-0.4, -0.2) is 66.7 Å². The fourth-order valence-electron chi connectivity index (χ4n) is 4.65. The fraction of sp³-hybridized carbons (Fsp3) is 0.447. The molecule has 0 amide bonds. The van der Waals surface area contributed by atoms with Gasteiger partial charge in [0.2, 0.25) is 12.3 Å². The Kier molecular flexibility index (Phi) is 16.4. The van der Waals surface area contributed by atoms with Gasteiger partial charge in [0.1, 0.15) is 12.2 Å². The van der Waals surface area contributed by atoms with E-state index in [0.717, 1.165) is 57.1 Å². The van der Waals surface area contributed by atoms with Crippen molar-refractivity contribution < 1.29 is 4.42 Å². The third kappa shape index (κ3) is 12.1. The van der Waals surface area contributed by atoms with E-state index in [1.165, 1.54) is 17.7 Å². The molecule has 0 spiro atoms. The molecular formula is C38H53N13OS. The summed E-state index contributed by atoms with van der Waals surface area (Å²) < 4.78 is 4.87. The van der Waals surface area contributed by atoms with Gasteiger partial charge in [-0.2, -0.15) is 10.2 Å². The third-order valence-electron chi connectivity index (χ3n) is 7.50. The van der Waals surface area contributed by atoms with E-state index in [0.29, 0.717) is 35.5 Å². The Morgan fingerprint density at radius 3 is 1.98 bits per heavy atom. The number of nitrogens with zero attached hydrogens (tertiary/aromatic N) is 11. The second-order valence-corrected chi connectivity index (χ2v) is 14.4. The average Bonchev–Trinajstić information content (AvgIpc) is 3.98. The molecule has 282 valence electrons. The zero-order valence-electron chi connectivity index (χ0n) is 31.6. The van der Waals surface area contributed by atoms with Crippen molar-refractivity contribution in [3.05, 3.63) is 94.4 Å². The van der Waals surface area contributed by atoms with Gasteiger partial charge in [-0.25, -0.2) is 29.9 Å². The van der Waals surface area contributed by atoms with Gasteiger partial charge < -0.3 is 4.42 Å². The lowest BCUT2D eigenvalue weighted by Crippen LogP contribution is -2.01. The SMILES string of the molecule is C.CC(C)c1[nH]nc2ncccc12.CC(C)c1[nH]nc2ncncc12.CC(C)c1ncc2c(n1)C=NC2.CC(C)c1nccs1.CC(C)c1nnco1. The van der Waals surface area contributed by atoms with E-state index in [2.05, 4.69) is 121 Å². The molecule has 0 aliphatic carbocycles. The summed E-state index contributed by atoms with van der Waals surface area (Å²) in [5.41, 5.74) is 5.95. The first-order valence-electron chi connectivity index (χ1n) is 17.4. The summed E-state index contributed by atoms with van der Waals surface area (Å²) in [6, 6.07) is 3.98. The minimum Gasteiger partial charge on any atom is -0.428 e. The molecule has 7 aromatic heterocycles. The van der Waals surface area contributed by atoms with E-state index in [1.54, 1.807) is 23.7 Å². The molecule has 0 fully saturated rings. The number of pyridine rings is 1. The lowest BCUT2D eigenvalue weighted by molar-refractivity contribution is 0.470. The van der Waals surface area contributed by atoms with Crippen LogP contribution in [0.1, 0.15) is 146 Å². The highest BCUT2D eigenvalue weighted by atomic mass is 32.1. The highest BCUT2D eigenvalue weighted by Crippen LogP contribution is 2.21. The van der Waals surface area contributed by atoms with Crippen molar-refractivity contribution in [3.8, 4) is 0 Å². The van der Waals surface area contributed by atoms with Crippen molar-refractivity contribution in [1.29, 1.82) is 0 Å². The quantitative estimate of drug-likeness (QED) is 0.171. The molecule has 15 heteroatoms. The van der Waals surface area contributed by atoms with Crippen LogP contribution in [0.4, 0.5) is 0 Å². The van der Waals surface area contributed by atoms with Crippen LogP contribution in [0, 0.1) is 0 Å². The van der Waals surface area contributed by atoms with Crippen LogP contribution >= 0.6 is 11.3 Å². The van der Waals surface area contributed by atoms with Gasteiger partial charge >= 0.3 is 0 Å². The van der Waals surface area contributed by atoms with Gasteiger partial charge in [0.15, 0.2) is 11.3 Å². The van der Waals surface area contributed by atoms with Crippen LogP contribution in [0.25, 0.3) is 22.1 Å². The second-order valence-electron chi connectivity index (χ2n) is 13.4. The molecular weight excluding hydrogens is 687 g/mol. The number of thiazole rings is 1. The summed E-state index contributed by atoms with van der Waals surface area (Å²) in [7, 11) is 0. The van der Waals surface area contributed by atoms with E-state index in [-0.39, 0.29) is 7.43 Å². The molecule has 0 aromatic carbocycles. The summed E-state index contributed by atoms with van der Waals surface area (Å²) in [4.78, 5) is 29.0. The van der Waals surface area contributed by atoms with Crippen LogP contribution < -0.4 is 0 Å². The van der Waals surface area contributed by atoms with Crippen molar-refractivity contribution in [2.24, 2.45) is 4.99 Å². The van der Waals surface area contributed by atoms with E-state index < -0.39 is 0 Å². The van der Waals surface area contributed by atoms with Gasteiger partial charge in [0.25, 0.3) is 0 Å². The smallest absolute Gasteiger partial charge is 0.218 e. The van der Waals surface area contributed by atoms with E-state index in [9.17, 15) is 0 Å². The van der Waals surface area contributed by atoms with Crippen molar-refractivity contribution in [2.75, 3.05) is 0 Å². The number of aliphatic imine (C=N–C) groups is 1. The molecule has 8 rings (SSSR count). The minimum absolute atomic E-state index is 0. The van der Waals surface area contributed by atoms with Crippen LogP contribution in [0.15, 0.2) is 64.4 Å². The van der Waals surface area contributed by atoms with Crippen LogP contribution in [0.5, 0.6) is 0 Å². The largest absolute Gasteiger partial charge is 0.428 e. The zero-order chi connectivity index (χ0) is 37.6. The maximum absolute atomic E-state index is 4.87. The molecule has 0 radical (unpaired) electrons. The number of aromatic nitrogens is 12. The molecule has 1 aliphatic rings. The first-order chi connectivity index (χ1) is 25.0. The minimum atomic E-state index is 0. The Morgan fingerprint density at radius 1 is 0.736 bits per heavy atom. The predicted octanol–water partition coefficient (Wildman–Crippen LogP) is 9.19. The number of nitrogens with one attached hydrogen (secondary N) is 2. The normalized spacial score (nSPS) is 11.4. The summed E-state index contributed by atoms with van der Waals surface area (Å²) in [6.07, 6.45) is 11.9. The van der Waals surface area contributed by atoms with Crippen molar-refractivity contribution in [3.63, 3.8) is 0 Å². The number of hydrogen-bond acceptors (Lipinski definition) is 13. The van der Waals surface area contributed by atoms with E-state index in [1.807, 2.05) is 50.0 Å². The lowest BCUT2D eigenvalue weighted by Gasteiger charge is -2.03. The zero-order valence-corrected chi connectivity index (χ0v) is 32.4. The van der Waals surface area contributed by atoms with Gasteiger partial charge in [-0.3, -0.25) is 15.2 Å².